The SMILES string of the molecule is C#CCC(CC)NC(C)c1ccc(Cl)c(F)c1. The molecule has 0 spiro atoms. The van der Waals surface area contributed by atoms with Crippen molar-refractivity contribution in [2.75, 3.05) is 0 Å². The van der Waals surface area contributed by atoms with Crippen LogP contribution in [0.3, 0.4) is 0 Å². The molecule has 92 valence electrons. The molecular formula is C14H17ClFN. The fourth-order valence-electron chi connectivity index (χ4n) is 1.69. The molecule has 2 atom stereocenters. The van der Waals surface area contributed by atoms with Crippen molar-refractivity contribution < 1.29 is 4.39 Å². The van der Waals surface area contributed by atoms with E-state index in [1.807, 2.05) is 13.0 Å². The highest BCUT2D eigenvalue weighted by molar-refractivity contribution is 6.30. The average molecular weight is 254 g/mol. The lowest BCUT2D eigenvalue weighted by molar-refractivity contribution is 0.447. The van der Waals surface area contributed by atoms with E-state index in [2.05, 4.69) is 18.2 Å². The molecule has 0 radical (unpaired) electrons. The van der Waals surface area contributed by atoms with Gasteiger partial charge in [0.1, 0.15) is 5.82 Å². The Morgan fingerprint density at radius 2 is 2.24 bits per heavy atom. The zero-order valence-corrected chi connectivity index (χ0v) is 10.9. The van der Waals surface area contributed by atoms with Crippen LogP contribution in [0.2, 0.25) is 5.02 Å². The highest BCUT2D eigenvalue weighted by Crippen LogP contribution is 2.20. The maximum absolute atomic E-state index is 13.3. The third kappa shape index (κ3) is 4.03. The molecule has 0 amide bonds. The second kappa shape index (κ2) is 6.64. The molecule has 3 heteroatoms. The fourth-order valence-corrected chi connectivity index (χ4v) is 1.81. The number of terminal acetylenes is 1. The molecule has 0 heterocycles. The molecule has 1 aromatic rings. The zero-order valence-electron chi connectivity index (χ0n) is 10.1. The maximum atomic E-state index is 13.3. The van der Waals surface area contributed by atoms with Gasteiger partial charge in [-0.25, -0.2) is 4.39 Å². The van der Waals surface area contributed by atoms with Crippen molar-refractivity contribution in [3.05, 3.63) is 34.6 Å². The number of benzene rings is 1. The molecule has 0 aliphatic carbocycles. The van der Waals surface area contributed by atoms with Crippen LogP contribution in [0.1, 0.15) is 38.3 Å². The summed E-state index contributed by atoms with van der Waals surface area (Å²) in [4.78, 5) is 0. The van der Waals surface area contributed by atoms with Crippen molar-refractivity contribution in [2.45, 2.75) is 38.8 Å². The first-order chi connectivity index (χ1) is 8.08. The maximum Gasteiger partial charge on any atom is 0.142 e. The van der Waals surface area contributed by atoms with E-state index in [1.54, 1.807) is 6.07 Å². The molecule has 17 heavy (non-hydrogen) atoms. The first-order valence-electron chi connectivity index (χ1n) is 5.73. The fraction of sp³-hybridized carbons (Fsp3) is 0.429. The Hall–Kier alpha value is -1.04. The van der Waals surface area contributed by atoms with Gasteiger partial charge in [0.2, 0.25) is 0 Å². The Morgan fingerprint density at radius 1 is 1.53 bits per heavy atom. The van der Waals surface area contributed by atoms with Gasteiger partial charge in [0.05, 0.1) is 5.02 Å². The Morgan fingerprint density at radius 3 is 2.76 bits per heavy atom. The molecule has 0 aliphatic heterocycles. The van der Waals surface area contributed by atoms with Crippen LogP contribution in [0.15, 0.2) is 18.2 Å². The van der Waals surface area contributed by atoms with E-state index >= 15 is 0 Å². The Kier molecular flexibility index (Phi) is 5.47. The summed E-state index contributed by atoms with van der Waals surface area (Å²) in [6, 6.07) is 5.18. The third-order valence-corrected chi connectivity index (χ3v) is 3.09. The van der Waals surface area contributed by atoms with Crippen LogP contribution in [-0.4, -0.2) is 6.04 Å². The van der Waals surface area contributed by atoms with Crippen LogP contribution >= 0.6 is 11.6 Å². The van der Waals surface area contributed by atoms with Crippen LogP contribution in [0, 0.1) is 18.2 Å². The summed E-state index contributed by atoms with van der Waals surface area (Å²) in [5, 5.41) is 3.53. The van der Waals surface area contributed by atoms with Crippen molar-refractivity contribution in [3.63, 3.8) is 0 Å². The molecule has 0 bridgehead atoms. The molecule has 2 unspecified atom stereocenters. The minimum Gasteiger partial charge on any atom is -0.307 e. The molecule has 0 aromatic heterocycles. The zero-order chi connectivity index (χ0) is 12.8. The van der Waals surface area contributed by atoms with E-state index in [4.69, 9.17) is 18.0 Å². The van der Waals surface area contributed by atoms with Gasteiger partial charge in [0.15, 0.2) is 0 Å². The molecule has 1 nitrogen and oxygen atoms in total. The van der Waals surface area contributed by atoms with Gasteiger partial charge < -0.3 is 5.32 Å². The van der Waals surface area contributed by atoms with Gasteiger partial charge in [0.25, 0.3) is 0 Å². The topological polar surface area (TPSA) is 12.0 Å². The number of halogens is 2. The highest BCUT2D eigenvalue weighted by atomic mass is 35.5. The molecule has 0 saturated heterocycles. The van der Waals surface area contributed by atoms with E-state index < -0.39 is 0 Å². The molecule has 1 aromatic carbocycles. The number of hydrogen-bond donors (Lipinski definition) is 1. The predicted octanol–water partition coefficient (Wildman–Crippen LogP) is 3.93. The quantitative estimate of drug-likeness (QED) is 0.784. The molecule has 1 rings (SSSR count). The van der Waals surface area contributed by atoms with Gasteiger partial charge in [-0.2, -0.15) is 0 Å². The van der Waals surface area contributed by atoms with Crippen molar-refractivity contribution in [3.8, 4) is 12.3 Å². The van der Waals surface area contributed by atoms with Crippen LogP contribution < -0.4 is 5.32 Å². The summed E-state index contributed by atoms with van der Waals surface area (Å²) < 4.78 is 13.3. The molecule has 1 N–H and O–H groups in total. The standard InChI is InChI=1S/C14H17ClFN/c1-4-6-12(5-2)17-10(3)11-7-8-13(15)14(16)9-11/h1,7-10,12,17H,5-6H2,2-3H3. The Bertz CT molecular complexity index is 411. The van der Waals surface area contributed by atoms with Gasteiger partial charge in [0, 0.05) is 18.5 Å². The Balaban J connectivity index is 2.72. The second-order valence-corrected chi connectivity index (χ2v) is 4.48. The lowest BCUT2D eigenvalue weighted by Crippen LogP contribution is -2.30. The summed E-state index contributed by atoms with van der Waals surface area (Å²) in [5.41, 5.74) is 0.877. The molecule has 0 aliphatic rings. The summed E-state index contributed by atoms with van der Waals surface area (Å²) in [6.45, 7) is 4.06. The van der Waals surface area contributed by atoms with E-state index in [9.17, 15) is 4.39 Å². The molecular weight excluding hydrogens is 237 g/mol. The first kappa shape index (κ1) is 14.0. The van der Waals surface area contributed by atoms with Crippen LogP contribution in [-0.2, 0) is 0 Å². The minimum atomic E-state index is -0.386. The van der Waals surface area contributed by atoms with E-state index in [1.165, 1.54) is 6.07 Å². The van der Waals surface area contributed by atoms with Crippen molar-refractivity contribution in [2.24, 2.45) is 0 Å². The summed E-state index contributed by atoms with van der Waals surface area (Å²) in [6.07, 6.45) is 6.92. The van der Waals surface area contributed by atoms with Crippen molar-refractivity contribution in [1.82, 2.24) is 5.32 Å². The number of nitrogens with one attached hydrogen (secondary N) is 1. The smallest absolute Gasteiger partial charge is 0.142 e. The van der Waals surface area contributed by atoms with Gasteiger partial charge in [-0.15, -0.1) is 12.3 Å². The van der Waals surface area contributed by atoms with Crippen LogP contribution in [0.4, 0.5) is 4.39 Å². The lowest BCUT2D eigenvalue weighted by atomic mass is 10.1. The third-order valence-electron chi connectivity index (χ3n) is 2.79. The predicted molar refractivity (Wildman–Crippen MR) is 70.5 cm³/mol. The van der Waals surface area contributed by atoms with Gasteiger partial charge in [-0.1, -0.05) is 24.6 Å². The summed E-state index contributed by atoms with van der Waals surface area (Å²) >= 11 is 5.65. The van der Waals surface area contributed by atoms with Gasteiger partial charge in [-0.05, 0) is 31.0 Å². The minimum absolute atomic E-state index is 0.0556. The van der Waals surface area contributed by atoms with E-state index in [0.29, 0.717) is 6.42 Å². The van der Waals surface area contributed by atoms with Gasteiger partial charge in [-0.3, -0.25) is 0 Å². The first-order valence-corrected chi connectivity index (χ1v) is 6.10. The largest absolute Gasteiger partial charge is 0.307 e. The van der Waals surface area contributed by atoms with Crippen LogP contribution in [0.5, 0.6) is 0 Å². The second-order valence-electron chi connectivity index (χ2n) is 4.08. The van der Waals surface area contributed by atoms with Crippen molar-refractivity contribution in [1.29, 1.82) is 0 Å². The number of rotatable bonds is 5. The monoisotopic (exact) mass is 253 g/mol. The average Bonchev–Trinajstić information content (AvgIpc) is 2.31. The number of hydrogen-bond acceptors (Lipinski definition) is 1. The highest BCUT2D eigenvalue weighted by Gasteiger charge is 2.12. The summed E-state index contributed by atoms with van der Waals surface area (Å²) in [7, 11) is 0. The van der Waals surface area contributed by atoms with Crippen LogP contribution in [0.25, 0.3) is 0 Å². The van der Waals surface area contributed by atoms with E-state index in [0.717, 1.165) is 12.0 Å². The Labute approximate surface area is 107 Å². The summed E-state index contributed by atoms with van der Waals surface area (Å²) in [5.74, 6) is 2.25. The normalized spacial score (nSPS) is 14.1. The van der Waals surface area contributed by atoms with Crippen molar-refractivity contribution >= 4 is 11.6 Å². The lowest BCUT2D eigenvalue weighted by Gasteiger charge is -2.21. The molecule has 0 fully saturated rings. The van der Waals surface area contributed by atoms with E-state index in [-0.39, 0.29) is 22.9 Å². The van der Waals surface area contributed by atoms with Gasteiger partial charge >= 0.3 is 0 Å². The molecule has 0 saturated carbocycles.